The highest BCUT2D eigenvalue weighted by Crippen LogP contribution is 2.48. The van der Waals surface area contributed by atoms with Crippen molar-refractivity contribution in [3.8, 4) is 0 Å². The number of nitrogens with zero attached hydrogens (tertiary/aromatic N) is 1. The van der Waals surface area contributed by atoms with Crippen molar-refractivity contribution in [3.05, 3.63) is 0 Å². The van der Waals surface area contributed by atoms with E-state index in [4.69, 9.17) is 9.47 Å². The lowest BCUT2D eigenvalue weighted by molar-refractivity contribution is -0.0631. The Balaban J connectivity index is 1.30. The second-order valence-electron chi connectivity index (χ2n) is 7.29. The molecule has 2 unspecified atom stereocenters. The number of nitrogens with one attached hydrogen (secondary N) is 1. The summed E-state index contributed by atoms with van der Waals surface area (Å²) in [6.07, 6.45) is 6.76. The first kappa shape index (κ1) is 13.8. The molecule has 5 rings (SSSR count). The Hall–Kier alpha value is -0.810. The minimum atomic E-state index is -0.190. The Bertz CT molecular complexity index is 400. The van der Waals surface area contributed by atoms with Gasteiger partial charge in [0.15, 0.2) is 0 Å². The van der Waals surface area contributed by atoms with Crippen LogP contribution in [0, 0.1) is 11.3 Å². The van der Waals surface area contributed by atoms with Crippen LogP contribution in [-0.4, -0.2) is 56.0 Å². The van der Waals surface area contributed by atoms with Gasteiger partial charge >= 0.3 is 6.09 Å². The summed E-state index contributed by atoms with van der Waals surface area (Å²) in [5.41, 5.74) is 0.298. The number of fused-ring (bicyclic) bond motifs is 3. The van der Waals surface area contributed by atoms with Gasteiger partial charge in [-0.2, -0.15) is 0 Å². The zero-order valence-corrected chi connectivity index (χ0v) is 12.7. The summed E-state index contributed by atoms with van der Waals surface area (Å²) in [5.74, 6) is 0.583. The van der Waals surface area contributed by atoms with Gasteiger partial charge in [-0.05, 0) is 62.9 Å². The van der Waals surface area contributed by atoms with E-state index >= 15 is 0 Å². The van der Waals surface area contributed by atoms with E-state index in [1.54, 1.807) is 0 Å². The first-order chi connectivity index (χ1) is 10.3. The summed E-state index contributed by atoms with van der Waals surface area (Å²) in [7, 11) is 0. The molecule has 118 valence electrons. The molecule has 1 amide bonds. The molecule has 5 heteroatoms. The van der Waals surface area contributed by atoms with Crippen molar-refractivity contribution in [2.75, 3.05) is 32.8 Å². The zero-order valence-electron chi connectivity index (χ0n) is 12.7. The molecular formula is C16H26N2O3. The fraction of sp³-hybridized carbons (Fsp3) is 0.938. The summed E-state index contributed by atoms with van der Waals surface area (Å²) in [5, 5.41) is 3.15. The van der Waals surface area contributed by atoms with E-state index in [2.05, 4.69) is 10.2 Å². The molecule has 1 N–H and O–H groups in total. The van der Waals surface area contributed by atoms with Crippen LogP contribution < -0.4 is 5.32 Å². The van der Waals surface area contributed by atoms with Crippen molar-refractivity contribution in [2.24, 2.45) is 11.3 Å². The number of hydrogen-bond donors (Lipinski definition) is 1. The smallest absolute Gasteiger partial charge is 0.407 e. The largest absolute Gasteiger partial charge is 0.445 e. The van der Waals surface area contributed by atoms with Gasteiger partial charge in [-0.15, -0.1) is 0 Å². The molecule has 21 heavy (non-hydrogen) atoms. The standard InChI is InChI=1S/C16H26N2O3/c19-15(21-13-11-18-7-2-12(13)3-8-18)17-14-1-4-16(14)5-9-20-10-6-16/h12-14H,1-11H2,(H,17,19). The minimum absolute atomic E-state index is 0.109. The Morgan fingerprint density at radius 2 is 1.90 bits per heavy atom. The van der Waals surface area contributed by atoms with Crippen molar-refractivity contribution in [1.82, 2.24) is 10.2 Å². The van der Waals surface area contributed by atoms with Gasteiger partial charge in [0.05, 0.1) is 0 Å². The van der Waals surface area contributed by atoms with Gasteiger partial charge in [0.25, 0.3) is 0 Å². The van der Waals surface area contributed by atoms with E-state index in [1.807, 2.05) is 0 Å². The van der Waals surface area contributed by atoms with E-state index in [0.717, 1.165) is 39.0 Å². The fourth-order valence-corrected chi connectivity index (χ4v) is 4.66. The molecule has 1 spiro atoms. The molecule has 4 saturated heterocycles. The van der Waals surface area contributed by atoms with Crippen LogP contribution in [0.2, 0.25) is 0 Å². The minimum Gasteiger partial charge on any atom is -0.445 e. The average molecular weight is 294 g/mol. The number of carbonyl (C=O) groups excluding carboxylic acids is 1. The van der Waals surface area contributed by atoms with Crippen molar-refractivity contribution in [1.29, 1.82) is 0 Å². The summed E-state index contributed by atoms with van der Waals surface area (Å²) in [6.45, 7) is 4.97. The third kappa shape index (κ3) is 2.55. The van der Waals surface area contributed by atoms with Crippen molar-refractivity contribution >= 4 is 6.09 Å². The number of carbonyl (C=O) groups is 1. The third-order valence-electron chi connectivity index (χ3n) is 6.31. The maximum Gasteiger partial charge on any atom is 0.407 e. The molecule has 1 saturated carbocycles. The quantitative estimate of drug-likeness (QED) is 0.843. The lowest BCUT2D eigenvalue weighted by atomic mass is 9.60. The molecule has 1 aliphatic carbocycles. The number of piperidine rings is 3. The normalized spacial score (nSPS) is 40.6. The predicted octanol–water partition coefficient (Wildman–Crippen LogP) is 1.77. The second kappa shape index (κ2) is 5.43. The van der Waals surface area contributed by atoms with Crippen LogP contribution in [0.4, 0.5) is 4.79 Å². The molecule has 4 aliphatic heterocycles. The van der Waals surface area contributed by atoms with Crippen molar-refractivity contribution in [2.45, 2.75) is 50.7 Å². The van der Waals surface area contributed by atoms with Crippen LogP contribution in [0.25, 0.3) is 0 Å². The lowest BCUT2D eigenvalue weighted by Crippen LogP contribution is -2.58. The second-order valence-corrected chi connectivity index (χ2v) is 7.29. The van der Waals surface area contributed by atoms with E-state index < -0.39 is 0 Å². The van der Waals surface area contributed by atoms with E-state index in [9.17, 15) is 4.79 Å². The van der Waals surface area contributed by atoms with Crippen LogP contribution in [0.15, 0.2) is 0 Å². The molecule has 5 fully saturated rings. The number of hydrogen-bond acceptors (Lipinski definition) is 4. The zero-order chi connectivity index (χ0) is 14.3. The molecule has 5 nitrogen and oxygen atoms in total. The van der Waals surface area contributed by atoms with Gasteiger partial charge in [0.2, 0.25) is 0 Å². The van der Waals surface area contributed by atoms with Gasteiger partial charge < -0.3 is 14.8 Å². The summed E-state index contributed by atoms with van der Waals surface area (Å²) < 4.78 is 11.2. The molecular weight excluding hydrogens is 268 g/mol. The molecule has 0 radical (unpaired) electrons. The van der Waals surface area contributed by atoms with Gasteiger partial charge in [-0.25, -0.2) is 4.79 Å². The van der Waals surface area contributed by atoms with E-state index in [1.165, 1.54) is 32.4 Å². The Morgan fingerprint density at radius 3 is 2.48 bits per heavy atom. The molecule has 0 aromatic heterocycles. The average Bonchev–Trinajstić information content (AvgIpc) is 2.54. The van der Waals surface area contributed by atoms with Crippen LogP contribution in [-0.2, 0) is 9.47 Å². The van der Waals surface area contributed by atoms with Crippen molar-refractivity contribution < 1.29 is 14.3 Å². The molecule has 2 bridgehead atoms. The first-order valence-electron chi connectivity index (χ1n) is 8.52. The highest BCUT2D eigenvalue weighted by atomic mass is 16.6. The highest BCUT2D eigenvalue weighted by molar-refractivity contribution is 5.68. The Kier molecular flexibility index (Phi) is 3.58. The maximum absolute atomic E-state index is 12.2. The predicted molar refractivity (Wildman–Crippen MR) is 78.1 cm³/mol. The molecule has 0 aromatic rings. The lowest BCUT2D eigenvalue weighted by Gasteiger charge is -2.52. The van der Waals surface area contributed by atoms with Gasteiger partial charge in [-0.1, -0.05) is 0 Å². The molecule has 4 heterocycles. The Morgan fingerprint density at radius 1 is 1.14 bits per heavy atom. The Labute approximate surface area is 126 Å². The monoisotopic (exact) mass is 294 g/mol. The van der Waals surface area contributed by atoms with Gasteiger partial charge in [-0.3, -0.25) is 4.90 Å². The summed E-state index contributed by atoms with van der Waals surface area (Å²) >= 11 is 0. The van der Waals surface area contributed by atoms with Crippen LogP contribution >= 0.6 is 0 Å². The van der Waals surface area contributed by atoms with Crippen LogP contribution in [0.5, 0.6) is 0 Å². The number of alkyl carbamates (subject to hydrolysis) is 1. The summed E-state index contributed by atoms with van der Waals surface area (Å²) in [4.78, 5) is 14.7. The molecule has 2 atom stereocenters. The van der Waals surface area contributed by atoms with Gasteiger partial charge in [0.1, 0.15) is 6.10 Å². The maximum atomic E-state index is 12.2. The summed E-state index contributed by atoms with van der Waals surface area (Å²) in [6, 6.07) is 0.301. The number of rotatable bonds is 2. The third-order valence-corrected chi connectivity index (χ3v) is 6.31. The van der Waals surface area contributed by atoms with Gasteiger partial charge in [0, 0.05) is 25.8 Å². The van der Waals surface area contributed by atoms with Crippen LogP contribution in [0.1, 0.15) is 38.5 Å². The van der Waals surface area contributed by atoms with E-state index in [-0.39, 0.29) is 12.2 Å². The molecule has 0 aromatic carbocycles. The fourth-order valence-electron chi connectivity index (χ4n) is 4.66. The highest BCUT2D eigenvalue weighted by Gasteiger charge is 2.48. The van der Waals surface area contributed by atoms with E-state index in [0.29, 0.717) is 17.4 Å². The SMILES string of the molecule is O=C(NC1CCC12CCOCC2)OC1CN2CCC1CC2. The number of amides is 1. The topological polar surface area (TPSA) is 50.8 Å². The van der Waals surface area contributed by atoms with Crippen molar-refractivity contribution in [3.63, 3.8) is 0 Å². The van der Waals surface area contributed by atoms with Crippen LogP contribution in [0.3, 0.4) is 0 Å². The number of ether oxygens (including phenoxy) is 2. The first-order valence-corrected chi connectivity index (χ1v) is 8.52. The molecule has 5 aliphatic rings.